The topological polar surface area (TPSA) is 81.7 Å². The van der Waals surface area contributed by atoms with Crippen LogP contribution in [0.2, 0.25) is 0 Å². The fraction of sp³-hybridized carbons (Fsp3) is 0.600. The molecule has 2 fully saturated rings. The first-order valence-corrected chi connectivity index (χ1v) is 9.66. The Morgan fingerprint density at radius 1 is 1.08 bits per heavy atom. The van der Waals surface area contributed by atoms with E-state index in [-0.39, 0.29) is 30.3 Å². The molecule has 2 amide bonds. The van der Waals surface area contributed by atoms with Crippen molar-refractivity contribution in [3.8, 4) is 0 Å². The fourth-order valence-corrected chi connectivity index (χ4v) is 4.00. The normalized spacial score (nSPS) is 24.8. The number of aliphatic hydroxyl groups excluding tert-OH is 1. The van der Waals surface area contributed by atoms with Crippen LogP contribution in [0.5, 0.6) is 0 Å². The molecule has 1 aromatic carbocycles. The van der Waals surface area contributed by atoms with E-state index in [4.69, 9.17) is 0 Å². The van der Waals surface area contributed by atoms with Crippen LogP contribution in [0.1, 0.15) is 38.5 Å². The lowest BCUT2D eigenvalue weighted by Crippen LogP contribution is -2.54. The van der Waals surface area contributed by atoms with E-state index in [0.29, 0.717) is 19.5 Å². The highest BCUT2D eigenvalue weighted by atomic mass is 16.3. The first kappa shape index (κ1) is 18.9. The SMILES string of the molecule is O=C(CN1C[C@H](O)C[C@H](NC(=O)C2CCCCC2)C1)Nc1ccccc1. The van der Waals surface area contributed by atoms with E-state index in [1.807, 2.05) is 35.2 Å². The summed E-state index contributed by atoms with van der Waals surface area (Å²) in [4.78, 5) is 26.6. The molecule has 1 aromatic rings. The summed E-state index contributed by atoms with van der Waals surface area (Å²) in [6.07, 6.45) is 5.42. The second kappa shape index (κ2) is 9.14. The van der Waals surface area contributed by atoms with Crippen molar-refractivity contribution >= 4 is 17.5 Å². The standard InChI is InChI=1S/C20H29N3O3/c24-18-11-17(22-20(26)15-7-3-1-4-8-15)12-23(13-18)14-19(25)21-16-9-5-2-6-10-16/h2,5-6,9-10,15,17-18,24H,1,3-4,7-8,11-14H2,(H,21,25)(H,22,26)/t17-,18+/m0/s1. The Morgan fingerprint density at radius 3 is 2.54 bits per heavy atom. The number of benzene rings is 1. The zero-order valence-electron chi connectivity index (χ0n) is 15.2. The number of piperidine rings is 1. The molecule has 0 bridgehead atoms. The number of nitrogens with one attached hydrogen (secondary N) is 2. The van der Waals surface area contributed by atoms with Gasteiger partial charge >= 0.3 is 0 Å². The molecule has 6 heteroatoms. The first-order valence-electron chi connectivity index (χ1n) is 9.66. The molecular weight excluding hydrogens is 330 g/mol. The fourth-order valence-electron chi connectivity index (χ4n) is 4.00. The monoisotopic (exact) mass is 359 g/mol. The highest BCUT2D eigenvalue weighted by Crippen LogP contribution is 2.24. The molecule has 1 aliphatic heterocycles. The van der Waals surface area contributed by atoms with Crippen LogP contribution in [0.3, 0.4) is 0 Å². The maximum absolute atomic E-state index is 12.5. The molecule has 1 saturated heterocycles. The minimum Gasteiger partial charge on any atom is -0.392 e. The lowest BCUT2D eigenvalue weighted by molar-refractivity contribution is -0.127. The smallest absolute Gasteiger partial charge is 0.238 e. The zero-order chi connectivity index (χ0) is 18.4. The number of amides is 2. The number of hydrogen-bond acceptors (Lipinski definition) is 4. The summed E-state index contributed by atoms with van der Waals surface area (Å²) in [5, 5.41) is 16.1. The molecule has 0 unspecified atom stereocenters. The molecule has 26 heavy (non-hydrogen) atoms. The van der Waals surface area contributed by atoms with Crippen molar-refractivity contribution in [3.05, 3.63) is 30.3 Å². The van der Waals surface area contributed by atoms with Gasteiger partial charge < -0.3 is 15.7 Å². The second-order valence-corrected chi connectivity index (χ2v) is 7.54. The van der Waals surface area contributed by atoms with Crippen LogP contribution in [-0.2, 0) is 9.59 Å². The summed E-state index contributed by atoms with van der Waals surface area (Å²) in [7, 11) is 0. The number of nitrogens with zero attached hydrogens (tertiary/aromatic N) is 1. The molecule has 6 nitrogen and oxygen atoms in total. The molecule has 1 aliphatic carbocycles. The van der Waals surface area contributed by atoms with Crippen molar-refractivity contribution in [2.75, 3.05) is 25.0 Å². The van der Waals surface area contributed by atoms with Crippen LogP contribution >= 0.6 is 0 Å². The Kier molecular flexibility index (Phi) is 6.63. The lowest BCUT2D eigenvalue weighted by atomic mass is 9.88. The largest absolute Gasteiger partial charge is 0.392 e. The lowest BCUT2D eigenvalue weighted by Gasteiger charge is -2.36. The molecule has 1 saturated carbocycles. The van der Waals surface area contributed by atoms with Crippen LogP contribution in [0.25, 0.3) is 0 Å². The molecular formula is C20H29N3O3. The number of para-hydroxylation sites is 1. The number of anilines is 1. The number of β-amino-alcohol motifs (C(OH)–C–C–N with tert-alkyl or cyclic N) is 1. The van der Waals surface area contributed by atoms with Crippen LogP contribution in [0, 0.1) is 5.92 Å². The molecule has 1 heterocycles. The third kappa shape index (κ3) is 5.54. The maximum Gasteiger partial charge on any atom is 0.238 e. The quantitative estimate of drug-likeness (QED) is 0.748. The number of aliphatic hydroxyl groups is 1. The van der Waals surface area contributed by atoms with Crippen molar-refractivity contribution in [1.29, 1.82) is 0 Å². The van der Waals surface area contributed by atoms with Crippen LogP contribution in [0.15, 0.2) is 30.3 Å². The average Bonchev–Trinajstić information content (AvgIpc) is 2.62. The molecule has 2 aliphatic rings. The Bertz CT molecular complexity index is 602. The number of rotatable bonds is 5. The third-order valence-electron chi connectivity index (χ3n) is 5.25. The minimum atomic E-state index is -0.523. The van der Waals surface area contributed by atoms with Gasteiger partial charge in [-0.3, -0.25) is 14.5 Å². The molecule has 0 aromatic heterocycles. The predicted octanol–water partition coefficient (Wildman–Crippen LogP) is 1.76. The summed E-state index contributed by atoms with van der Waals surface area (Å²) in [6, 6.07) is 9.23. The van der Waals surface area contributed by atoms with Gasteiger partial charge in [-0.25, -0.2) is 0 Å². The summed E-state index contributed by atoms with van der Waals surface area (Å²) >= 11 is 0. The van der Waals surface area contributed by atoms with E-state index in [9.17, 15) is 14.7 Å². The van der Waals surface area contributed by atoms with Crippen molar-refractivity contribution < 1.29 is 14.7 Å². The van der Waals surface area contributed by atoms with Crippen LogP contribution in [-0.4, -0.2) is 53.6 Å². The number of hydrogen-bond donors (Lipinski definition) is 3. The summed E-state index contributed by atoms with van der Waals surface area (Å²) in [5.74, 6) is 0.109. The van der Waals surface area contributed by atoms with E-state index in [0.717, 1.165) is 31.4 Å². The summed E-state index contributed by atoms with van der Waals surface area (Å²) < 4.78 is 0. The molecule has 142 valence electrons. The maximum atomic E-state index is 12.5. The summed E-state index contributed by atoms with van der Waals surface area (Å²) in [5.41, 5.74) is 0.761. The van der Waals surface area contributed by atoms with Gasteiger partial charge in [-0.15, -0.1) is 0 Å². The van der Waals surface area contributed by atoms with Crippen molar-refractivity contribution in [2.24, 2.45) is 5.92 Å². The molecule has 0 radical (unpaired) electrons. The molecule has 2 atom stereocenters. The number of carbonyl (C=O) groups excluding carboxylic acids is 2. The van der Waals surface area contributed by atoms with Crippen molar-refractivity contribution in [2.45, 2.75) is 50.7 Å². The third-order valence-corrected chi connectivity index (χ3v) is 5.25. The van der Waals surface area contributed by atoms with Gasteiger partial charge in [-0.05, 0) is 31.4 Å². The van der Waals surface area contributed by atoms with Crippen LogP contribution < -0.4 is 10.6 Å². The van der Waals surface area contributed by atoms with Gasteiger partial charge in [0.1, 0.15) is 0 Å². The van der Waals surface area contributed by atoms with Gasteiger partial charge in [0.05, 0.1) is 12.6 Å². The van der Waals surface area contributed by atoms with Gasteiger partial charge in [0.25, 0.3) is 0 Å². The Hall–Kier alpha value is -1.92. The van der Waals surface area contributed by atoms with Crippen LogP contribution in [0.4, 0.5) is 5.69 Å². The molecule has 3 rings (SSSR count). The zero-order valence-corrected chi connectivity index (χ0v) is 15.2. The number of likely N-dealkylation sites (tertiary alicyclic amines) is 1. The average molecular weight is 359 g/mol. The highest BCUT2D eigenvalue weighted by Gasteiger charge is 2.30. The Balaban J connectivity index is 1.49. The van der Waals surface area contributed by atoms with Gasteiger partial charge in [0, 0.05) is 30.7 Å². The van der Waals surface area contributed by atoms with Gasteiger partial charge in [-0.1, -0.05) is 37.5 Å². The minimum absolute atomic E-state index is 0.0994. The number of carbonyl (C=O) groups is 2. The van der Waals surface area contributed by atoms with Gasteiger partial charge in [0.15, 0.2) is 0 Å². The molecule has 0 spiro atoms. The van der Waals surface area contributed by atoms with Crippen molar-refractivity contribution in [3.63, 3.8) is 0 Å². The van der Waals surface area contributed by atoms with Crippen molar-refractivity contribution in [1.82, 2.24) is 10.2 Å². The summed E-state index contributed by atoms with van der Waals surface area (Å²) in [6.45, 7) is 1.26. The highest BCUT2D eigenvalue weighted by molar-refractivity contribution is 5.92. The van der Waals surface area contributed by atoms with E-state index in [2.05, 4.69) is 10.6 Å². The first-order chi connectivity index (χ1) is 12.6. The predicted molar refractivity (Wildman–Crippen MR) is 101 cm³/mol. The Morgan fingerprint density at radius 2 is 1.81 bits per heavy atom. The molecule has 3 N–H and O–H groups in total. The van der Waals surface area contributed by atoms with Gasteiger partial charge in [-0.2, -0.15) is 0 Å². The Labute approximate surface area is 155 Å². The van der Waals surface area contributed by atoms with Gasteiger partial charge in [0.2, 0.25) is 11.8 Å². The van der Waals surface area contributed by atoms with E-state index in [1.54, 1.807) is 0 Å². The van der Waals surface area contributed by atoms with E-state index < -0.39 is 6.10 Å². The second-order valence-electron chi connectivity index (χ2n) is 7.54. The van der Waals surface area contributed by atoms with E-state index >= 15 is 0 Å². The van der Waals surface area contributed by atoms with E-state index in [1.165, 1.54) is 6.42 Å².